The highest BCUT2D eigenvalue weighted by atomic mass is 16.7. The summed E-state index contributed by atoms with van der Waals surface area (Å²) in [7, 11) is 0. The first kappa shape index (κ1) is 23.3. The number of ether oxygens (including phenoxy) is 3. The highest BCUT2D eigenvalue weighted by molar-refractivity contribution is 6.06. The number of nitrogens with two attached hydrogens (primary N) is 1. The Bertz CT molecular complexity index is 806. The lowest BCUT2D eigenvalue weighted by Gasteiger charge is -2.36. The lowest BCUT2D eigenvalue weighted by atomic mass is 9.96. The second-order valence-electron chi connectivity index (χ2n) is 7.38. The second kappa shape index (κ2) is 9.83. The lowest BCUT2D eigenvalue weighted by Crippen LogP contribution is -2.66. The van der Waals surface area contributed by atoms with Crippen LogP contribution in [0.1, 0.15) is 15.9 Å². The fraction of sp³-hybridized carbons (Fsp3) is 0.500. The van der Waals surface area contributed by atoms with E-state index < -0.39 is 48.6 Å². The molecule has 5 atom stereocenters. The molecule has 0 aliphatic carbocycles. The zero-order valence-electron chi connectivity index (χ0n) is 17.0. The van der Waals surface area contributed by atoms with E-state index in [2.05, 4.69) is 5.32 Å². The molecule has 0 radical (unpaired) electrons. The van der Waals surface area contributed by atoms with Gasteiger partial charge < -0.3 is 34.8 Å². The third kappa shape index (κ3) is 5.10. The fourth-order valence-corrected chi connectivity index (χ4v) is 3.23. The van der Waals surface area contributed by atoms with Gasteiger partial charge in [0.25, 0.3) is 0 Å². The van der Waals surface area contributed by atoms with Gasteiger partial charge in [-0.25, -0.2) is 4.79 Å². The maximum atomic E-state index is 12.7. The maximum Gasteiger partial charge on any atom is 0.325 e. The van der Waals surface area contributed by atoms with Gasteiger partial charge in [-0.1, -0.05) is 29.8 Å². The van der Waals surface area contributed by atoms with E-state index >= 15 is 0 Å². The van der Waals surface area contributed by atoms with Crippen molar-refractivity contribution in [2.75, 3.05) is 26.6 Å². The smallest absolute Gasteiger partial charge is 0.325 e. The summed E-state index contributed by atoms with van der Waals surface area (Å²) in [4.78, 5) is 26.1. The second-order valence-corrected chi connectivity index (χ2v) is 7.38. The van der Waals surface area contributed by atoms with Crippen LogP contribution in [-0.2, 0) is 14.2 Å². The molecular formula is C20H27N3O8. The monoisotopic (exact) mass is 437 g/mol. The van der Waals surface area contributed by atoms with Crippen molar-refractivity contribution >= 4 is 11.8 Å². The Balaban J connectivity index is 0.000000478. The number of urea groups is 1. The van der Waals surface area contributed by atoms with E-state index in [4.69, 9.17) is 25.1 Å². The molecule has 0 saturated carbocycles. The highest BCUT2D eigenvalue weighted by Gasteiger charge is 2.48. The number of aliphatic hydroxyl groups is 3. The van der Waals surface area contributed by atoms with Gasteiger partial charge in [0, 0.05) is 11.8 Å². The van der Waals surface area contributed by atoms with Crippen LogP contribution < -0.4 is 11.1 Å². The molecule has 1 aromatic rings. The SMILES string of the molecule is C1COCO1.Cc1ccc(C(=O)C2(N)C=CN([C@@H]3O[C@H](CO)[C@@H](O)[C@H]3O)C(=O)N2)cc1. The van der Waals surface area contributed by atoms with Crippen LogP contribution in [0.3, 0.4) is 0 Å². The summed E-state index contributed by atoms with van der Waals surface area (Å²) in [5.74, 6) is -0.497. The summed E-state index contributed by atoms with van der Waals surface area (Å²) in [6.07, 6.45) is -2.48. The van der Waals surface area contributed by atoms with Crippen LogP contribution in [0.15, 0.2) is 36.5 Å². The molecule has 2 saturated heterocycles. The number of ketones is 1. The first-order valence-electron chi connectivity index (χ1n) is 9.75. The molecule has 0 aromatic heterocycles. The summed E-state index contributed by atoms with van der Waals surface area (Å²) in [6.45, 7) is 3.42. The van der Waals surface area contributed by atoms with Crippen molar-refractivity contribution in [2.24, 2.45) is 5.73 Å². The summed E-state index contributed by atoms with van der Waals surface area (Å²) < 4.78 is 14.8. The van der Waals surface area contributed by atoms with Crippen molar-refractivity contribution in [1.82, 2.24) is 10.2 Å². The molecule has 0 bridgehead atoms. The number of hydrogen-bond acceptors (Lipinski definition) is 9. The van der Waals surface area contributed by atoms with Gasteiger partial charge in [0.1, 0.15) is 25.1 Å². The number of aliphatic hydroxyl groups excluding tert-OH is 3. The molecule has 1 aromatic carbocycles. The normalized spacial score (nSPS) is 32.4. The molecule has 2 fully saturated rings. The molecule has 1 unspecified atom stereocenters. The number of hydrogen-bond donors (Lipinski definition) is 5. The van der Waals surface area contributed by atoms with Crippen LogP contribution >= 0.6 is 0 Å². The van der Waals surface area contributed by atoms with E-state index in [1.54, 1.807) is 24.3 Å². The van der Waals surface area contributed by atoms with Crippen LogP contribution in [0.5, 0.6) is 0 Å². The van der Waals surface area contributed by atoms with Crippen molar-refractivity contribution in [3.8, 4) is 0 Å². The summed E-state index contributed by atoms with van der Waals surface area (Å²) >= 11 is 0. The number of carbonyl (C=O) groups excluding carboxylic acids is 2. The number of nitrogens with one attached hydrogen (secondary N) is 1. The molecule has 11 nitrogen and oxygen atoms in total. The Labute approximate surface area is 179 Å². The van der Waals surface area contributed by atoms with E-state index in [0.717, 1.165) is 23.7 Å². The van der Waals surface area contributed by atoms with Crippen LogP contribution in [0, 0.1) is 6.92 Å². The minimum atomic E-state index is -1.75. The van der Waals surface area contributed by atoms with Gasteiger partial charge in [0.15, 0.2) is 11.9 Å². The van der Waals surface area contributed by atoms with Gasteiger partial charge in [0.2, 0.25) is 5.78 Å². The molecule has 2 amide bonds. The zero-order valence-corrected chi connectivity index (χ0v) is 17.0. The maximum absolute atomic E-state index is 12.7. The van der Waals surface area contributed by atoms with E-state index in [0.29, 0.717) is 12.4 Å². The van der Waals surface area contributed by atoms with Crippen molar-refractivity contribution < 1.29 is 39.1 Å². The van der Waals surface area contributed by atoms with Gasteiger partial charge >= 0.3 is 6.03 Å². The Morgan fingerprint density at radius 3 is 2.35 bits per heavy atom. The van der Waals surface area contributed by atoms with Gasteiger partial charge in [0.05, 0.1) is 19.8 Å². The van der Waals surface area contributed by atoms with Crippen molar-refractivity contribution in [3.05, 3.63) is 47.7 Å². The average Bonchev–Trinajstić information content (AvgIpc) is 3.42. The Morgan fingerprint density at radius 1 is 1.23 bits per heavy atom. The topological polar surface area (TPSA) is 164 Å². The van der Waals surface area contributed by atoms with Gasteiger partial charge in [-0.15, -0.1) is 0 Å². The number of carbonyl (C=O) groups is 2. The lowest BCUT2D eigenvalue weighted by molar-refractivity contribution is -0.0666. The van der Waals surface area contributed by atoms with Gasteiger partial charge in [-0.2, -0.15) is 0 Å². The van der Waals surface area contributed by atoms with Crippen LogP contribution in [0.4, 0.5) is 4.79 Å². The van der Waals surface area contributed by atoms with Gasteiger partial charge in [-0.05, 0) is 13.0 Å². The summed E-state index contributed by atoms with van der Waals surface area (Å²) in [5, 5.41) is 31.4. The fourth-order valence-electron chi connectivity index (χ4n) is 3.23. The minimum absolute atomic E-state index is 0.337. The first-order valence-corrected chi connectivity index (χ1v) is 9.75. The predicted octanol–water partition coefficient (Wildman–Crippen LogP) is -1.20. The Kier molecular flexibility index (Phi) is 7.38. The summed E-state index contributed by atoms with van der Waals surface area (Å²) in [6, 6.07) is 5.98. The molecule has 31 heavy (non-hydrogen) atoms. The Hall–Kier alpha value is -2.38. The molecule has 0 spiro atoms. The quantitative estimate of drug-likeness (QED) is 0.364. The summed E-state index contributed by atoms with van der Waals surface area (Å²) in [5.41, 5.74) is 5.62. The predicted molar refractivity (Wildman–Crippen MR) is 106 cm³/mol. The van der Waals surface area contributed by atoms with E-state index in [1.807, 2.05) is 6.92 Å². The molecule has 3 heterocycles. The highest BCUT2D eigenvalue weighted by Crippen LogP contribution is 2.26. The number of Topliss-reactive ketones (excluding diaryl/α,β-unsaturated/α-hetero) is 1. The largest absolute Gasteiger partial charge is 0.394 e. The molecule has 3 aliphatic rings. The number of benzene rings is 1. The van der Waals surface area contributed by atoms with Crippen LogP contribution in [0.25, 0.3) is 0 Å². The average molecular weight is 437 g/mol. The molecule has 170 valence electrons. The zero-order chi connectivity index (χ0) is 22.6. The van der Waals surface area contributed by atoms with Crippen LogP contribution in [-0.4, -0.2) is 88.9 Å². The number of amides is 2. The van der Waals surface area contributed by atoms with E-state index in [-0.39, 0.29) is 0 Å². The number of rotatable bonds is 4. The Morgan fingerprint density at radius 2 is 1.87 bits per heavy atom. The third-order valence-corrected chi connectivity index (χ3v) is 5.07. The molecule has 4 rings (SSSR count). The number of aryl methyl sites for hydroxylation is 1. The van der Waals surface area contributed by atoms with Crippen LogP contribution in [0.2, 0.25) is 0 Å². The van der Waals surface area contributed by atoms with Crippen molar-refractivity contribution in [3.63, 3.8) is 0 Å². The molecular weight excluding hydrogens is 410 g/mol. The van der Waals surface area contributed by atoms with Crippen molar-refractivity contribution in [1.29, 1.82) is 0 Å². The van der Waals surface area contributed by atoms with Crippen molar-refractivity contribution in [2.45, 2.75) is 37.1 Å². The molecule has 3 aliphatic heterocycles. The first-order chi connectivity index (χ1) is 14.8. The standard InChI is InChI=1S/C17H21N3O6.C3H6O2/c1-9-2-4-10(5-3-9)14(24)17(18)6-7-20(16(25)19-17)15-13(23)12(22)11(8-21)26-15;1-2-5-3-4-1/h2-7,11-13,15,21-23H,8,18H2,1H3,(H,19,25);1-3H2/t11-,12-,13-,15-,17?;/m1./s1. The molecule has 6 N–H and O–H groups in total. The third-order valence-electron chi connectivity index (χ3n) is 5.07. The van der Waals surface area contributed by atoms with E-state index in [1.165, 1.54) is 12.3 Å². The van der Waals surface area contributed by atoms with Gasteiger partial charge in [-0.3, -0.25) is 15.4 Å². The van der Waals surface area contributed by atoms with E-state index in [9.17, 15) is 19.8 Å². The number of nitrogens with zero attached hydrogens (tertiary/aromatic N) is 1. The molecule has 11 heteroatoms. The minimum Gasteiger partial charge on any atom is -0.394 e.